The van der Waals surface area contributed by atoms with Crippen LogP contribution in [-0.4, -0.2) is 65.1 Å². The summed E-state index contributed by atoms with van der Waals surface area (Å²) in [7, 11) is 0. The number of hydrogen-bond acceptors (Lipinski definition) is 4. The van der Waals surface area contributed by atoms with Gasteiger partial charge in [-0.1, -0.05) is 19.9 Å². The van der Waals surface area contributed by atoms with Gasteiger partial charge in [0.15, 0.2) is 0 Å². The number of carbonyl (C=O) groups is 3. The molecule has 0 fully saturated rings. The third kappa shape index (κ3) is 4.71. The molecule has 4 rings (SSSR count). The molecular weight excluding hydrogens is 428 g/mol. The maximum atomic E-state index is 13.5. The standard InChI is InChI=1S/C27H34N4O3/c1-5-30(6-2)12-13-31-11-7-8-23-25(27(31)34)18(4)24(28-23)16-21-20-15-19(14-17(3)32)9-10-22(20)29-26(21)33/h9-10,15-16,28H,5-8,11-14H2,1-4H3,(H,29,33)/b21-16-. The van der Waals surface area contributed by atoms with Crippen LogP contribution in [0.3, 0.4) is 0 Å². The molecule has 0 aliphatic carbocycles. The van der Waals surface area contributed by atoms with Gasteiger partial charge in [0.2, 0.25) is 0 Å². The molecule has 34 heavy (non-hydrogen) atoms. The molecule has 2 N–H and O–H groups in total. The third-order valence-corrected chi connectivity index (χ3v) is 6.91. The number of ketones is 1. The van der Waals surface area contributed by atoms with E-state index < -0.39 is 0 Å². The zero-order valence-corrected chi connectivity index (χ0v) is 20.6. The fourth-order valence-corrected chi connectivity index (χ4v) is 4.94. The molecule has 1 aromatic carbocycles. The van der Waals surface area contributed by atoms with Crippen LogP contribution in [0.4, 0.5) is 5.69 Å². The van der Waals surface area contributed by atoms with Crippen molar-refractivity contribution in [3.05, 3.63) is 51.8 Å². The van der Waals surface area contributed by atoms with E-state index in [1.165, 1.54) is 0 Å². The molecule has 1 aromatic heterocycles. The lowest BCUT2D eigenvalue weighted by Crippen LogP contribution is -2.38. The normalized spacial score (nSPS) is 16.6. The number of nitrogens with zero attached hydrogens (tertiary/aromatic N) is 2. The van der Waals surface area contributed by atoms with Crippen molar-refractivity contribution in [2.24, 2.45) is 0 Å². The molecule has 0 bridgehead atoms. The minimum absolute atomic E-state index is 0.0677. The van der Waals surface area contributed by atoms with Gasteiger partial charge in [-0.15, -0.1) is 0 Å². The summed E-state index contributed by atoms with van der Waals surface area (Å²) in [6.07, 6.45) is 3.89. The van der Waals surface area contributed by atoms with Crippen LogP contribution < -0.4 is 5.32 Å². The largest absolute Gasteiger partial charge is 0.358 e. The minimum Gasteiger partial charge on any atom is -0.358 e. The van der Waals surface area contributed by atoms with Gasteiger partial charge >= 0.3 is 0 Å². The van der Waals surface area contributed by atoms with E-state index in [9.17, 15) is 14.4 Å². The summed E-state index contributed by atoms with van der Waals surface area (Å²) in [5.41, 5.74) is 6.32. The number of Topliss-reactive ketones (excluding diaryl/α,β-unsaturated/α-hetero) is 1. The second kappa shape index (κ2) is 9.97. The van der Waals surface area contributed by atoms with E-state index in [4.69, 9.17) is 0 Å². The van der Waals surface area contributed by atoms with Gasteiger partial charge in [0.25, 0.3) is 11.8 Å². The molecule has 7 heteroatoms. The first-order chi connectivity index (χ1) is 16.3. The molecule has 180 valence electrons. The maximum Gasteiger partial charge on any atom is 0.256 e. The van der Waals surface area contributed by atoms with Crippen LogP contribution in [0, 0.1) is 6.92 Å². The van der Waals surface area contributed by atoms with E-state index in [1.807, 2.05) is 36.1 Å². The molecule has 2 aromatic rings. The Bertz CT molecular complexity index is 1160. The van der Waals surface area contributed by atoms with Crippen LogP contribution in [0.1, 0.15) is 65.6 Å². The second-order valence-corrected chi connectivity index (χ2v) is 9.21. The Labute approximate surface area is 201 Å². The number of rotatable bonds is 8. The highest BCUT2D eigenvalue weighted by atomic mass is 16.2. The number of H-pyrrole nitrogens is 1. The van der Waals surface area contributed by atoms with Gasteiger partial charge < -0.3 is 20.1 Å². The molecular formula is C27H34N4O3. The minimum atomic E-state index is -0.175. The number of amides is 2. The van der Waals surface area contributed by atoms with Crippen molar-refractivity contribution < 1.29 is 14.4 Å². The predicted molar refractivity (Wildman–Crippen MR) is 135 cm³/mol. The number of anilines is 1. The highest BCUT2D eigenvalue weighted by Crippen LogP contribution is 2.35. The number of nitrogens with one attached hydrogen (secondary N) is 2. The van der Waals surface area contributed by atoms with Crippen LogP contribution in [0.2, 0.25) is 0 Å². The topological polar surface area (TPSA) is 85.5 Å². The lowest BCUT2D eigenvalue weighted by Gasteiger charge is -2.25. The van der Waals surface area contributed by atoms with Gasteiger partial charge in [0.05, 0.1) is 11.1 Å². The van der Waals surface area contributed by atoms with Crippen molar-refractivity contribution >= 4 is 34.9 Å². The van der Waals surface area contributed by atoms with Crippen molar-refractivity contribution in [1.29, 1.82) is 0 Å². The molecule has 0 atom stereocenters. The molecule has 0 saturated heterocycles. The van der Waals surface area contributed by atoms with Crippen LogP contribution in [0.5, 0.6) is 0 Å². The Balaban J connectivity index is 1.65. The molecule has 2 aliphatic rings. The van der Waals surface area contributed by atoms with E-state index in [1.54, 1.807) is 6.92 Å². The number of likely N-dealkylation sites (N-methyl/N-ethyl adjacent to an activating group) is 1. The van der Waals surface area contributed by atoms with Crippen LogP contribution in [-0.2, 0) is 22.4 Å². The zero-order valence-electron chi connectivity index (χ0n) is 20.6. The molecule has 2 amide bonds. The number of aromatic nitrogens is 1. The molecule has 3 heterocycles. The second-order valence-electron chi connectivity index (χ2n) is 9.21. The van der Waals surface area contributed by atoms with Crippen molar-refractivity contribution in [2.45, 2.75) is 47.0 Å². The van der Waals surface area contributed by atoms with Gasteiger partial charge in [0.1, 0.15) is 5.78 Å². The summed E-state index contributed by atoms with van der Waals surface area (Å²) in [6.45, 7) is 12.1. The smallest absolute Gasteiger partial charge is 0.256 e. The summed E-state index contributed by atoms with van der Waals surface area (Å²) < 4.78 is 0. The van der Waals surface area contributed by atoms with E-state index in [0.717, 1.165) is 84.9 Å². The number of aromatic amines is 1. The van der Waals surface area contributed by atoms with Gasteiger partial charge in [-0.05, 0) is 69.1 Å². The summed E-state index contributed by atoms with van der Waals surface area (Å²) in [4.78, 5) is 45.5. The van der Waals surface area contributed by atoms with Gasteiger partial charge in [0, 0.05) is 48.7 Å². The van der Waals surface area contributed by atoms with E-state index in [2.05, 4.69) is 29.0 Å². The van der Waals surface area contributed by atoms with Crippen molar-refractivity contribution in [3.63, 3.8) is 0 Å². The number of benzene rings is 1. The molecule has 0 radical (unpaired) electrons. The maximum absolute atomic E-state index is 13.5. The average molecular weight is 463 g/mol. The predicted octanol–water partition coefficient (Wildman–Crippen LogP) is 3.68. The summed E-state index contributed by atoms with van der Waals surface area (Å²) in [5, 5.41) is 2.91. The summed E-state index contributed by atoms with van der Waals surface area (Å²) in [5.74, 6) is -0.0276. The fourth-order valence-electron chi connectivity index (χ4n) is 4.94. The number of aryl methyl sites for hydroxylation is 1. The first kappa shape index (κ1) is 24.0. The highest BCUT2D eigenvalue weighted by Gasteiger charge is 2.29. The number of fused-ring (bicyclic) bond motifs is 2. The number of hydrogen-bond donors (Lipinski definition) is 2. The van der Waals surface area contributed by atoms with Crippen molar-refractivity contribution in [2.75, 3.05) is 38.0 Å². The SMILES string of the molecule is CCN(CC)CCN1CCCc2[nH]c(/C=C3\C(=O)Nc4ccc(CC(C)=O)cc43)c(C)c2C1=O. The van der Waals surface area contributed by atoms with Crippen LogP contribution >= 0.6 is 0 Å². The first-order valence-corrected chi connectivity index (χ1v) is 12.2. The Kier molecular flexibility index (Phi) is 7.03. The van der Waals surface area contributed by atoms with E-state index >= 15 is 0 Å². The molecule has 0 unspecified atom stereocenters. The summed E-state index contributed by atoms with van der Waals surface area (Å²) >= 11 is 0. The van der Waals surface area contributed by atoms with Crippen molar-refractivity contribution in [3.8, 4) is 0 Å². The Morgan fingerprint density at radius 3 is 2.68 bits per heavy atom. The van der Waals surface area contributed by atoms with Crippen LogP contribution in [0.25, 0.3) is 11.6 Å². The first-order valence-electron chi connectivity index (χ1n) is 12.2. The third-order valence-electron chi connectivity index (χ3n) is 6.91. The lowest BCUT2D eigenvalue weighted by atomic mass is 10.00. The molecule has 0 saturated carbocycles. The Hall–Kier alpha value is -3.19. The van der Waals surface area contributed by atoms with Crippen molar-refractivity contribution in [1.82, 2.24) is 14.8 Å². The Morgan fingerprint density at radius 2 is 1.97 bits per heavy atom. The lowest BCUT2D eigenvalue weighted by molar-refractivity contribution is -0.116. The average Bonchev–Trinajstić information content (AvgIpc) is 3.22. The van der Waals surface area contributed by atoms with Crippen LogP contribution in [0.15, 0.2) is 18.2 Å². The molecule has 7 nitrogen and oxygen atoms in total. The van der Waals surface area contributed by atoms with E-state index in [0.29, 0.717) is 12.0 Å². The Morgan fingerprint density at radius 1 is 1.21 bits per heavy atom. The zero-order chi connectivity index (χ0) is 24.4. The quantitative estimate of drug-likeness (QED) is 0.586. The van der Waals surface area contributed by atoms with Gasteiger partial charge in [-0.25, -0.2) is 0 Å². The van der Waals surface area contributed by atoms with Gasteiger partial charge in [-0.3, -0.25) is 14.4 Å². The molecule has 2 aliphatic heterocycles. The molecule has 0 spiro atoms. The number of carbonyl (C=O) groups excluding carboxylic acids is 3. The van der Waals surface area contributed by atoms with Gasteiger partial charge in [-0.2, -0.15) is 0 Å². The fraction of sp³-hybridized carbons (Fsp3) is 0.444. The van der Waals surface area contributed by atoms with E-state index in [-0.39, 0.29) is 17.6 Å². The monoisotopic (exact) mass is 462 g/mol. The summed E-state index contributed by atoms with van der Waals surface area (Å²) in [6, 6.07) is 5.63. The highest BCUT2D eigenvalue weighted by molar-refractivity contribution is 6.35.